The van der Waals surface area contributed by atoms with Crippen LogP contribution in [-0.4, -0.2) is 21.9 Å². The molecule has 0 radical (unpaired) electrons. The van der Waals surface area contributed by atoms with Crippen molar-refractivity contribution in [2.45, 2.75) is 13.1 Å². The second-order valence-electron chi connectivity index (χ2n) is 4.15. The first-order valence-corrected chi connectivity index (χ1v) is 5.71. The van der Waals surface area contributed by atoms with Crippen LogP contribution in [0.25, 0.3) is 0 Å². The average Bonchev–Trinajstić information content (AvgIpc) is 2.40. The van der Waals surface area contributed by atoms with Crippen LogP contribution in [0.15, 0.2) is 42.9 Å². The topological polar surface area (TPSA) is 52.8 Å². The Morgan fingerprint density at radius 1 is 1.17 bits per heavy atom. The summed E-state index contributed by atoms with van der Waals surface area (Å²) in [5.41, 5.74) is 2.66. The van der Waals surface area contributed by atoms with Gasteiger partial charge in [-0.05, 0) is 30.8 Å². The largest absolute Gasteiger partial charge is 0.298 e. The lowest BCUT2D eigenvalue weighted by molar-refractivity contribution is 0.318. The van der Waals surface area contributed by atoms with E-state index >= 15 is 0 Å². The van der Waals surface area contributed by atoms with E-state index < -0.39 is 0 Å². The van der Waals surface area contributed by atoms with Crippen molar-refractivity contribution >= 4 is 0 Å². The molecule has 90 valence electrons. The highest BCUT2D eigenvalue weighted by Crippen LogP contribution is 2.09. The molecule has 0 bridgehead atoms. The van der Waals surface area contributed by atoms with Gasteiger partial charge in [-0.15, -0.1) is 0 Å². The number of rotatable bonds is 4. The first kappa shape index (κ1) is 12.2. The molecule has 0 saturated heterocycles. The van der Waals surface area contributed by atoms with Crippen molar-refractivity contribution < 1.29 is 0 Å². The monoisotopic (exact) mass is 238 g/mol. The van der Waals surface area contributed by atoms with E-state index in [2.05, 4.69) is 20.9 Å². The molecule has 0 atom stereocenters. The highest BCUT2D eigenvalue weighted by Gasteiger charge is 2.06. The fourth-order valence-electron chi connectivity index (χ4n) is 1.81. The lowest BCUT2D eigenvalue weighted by atomic mass is 10.2. The molecule has 0 aliphatic heterocycles. The van der Waals surface area contributed by atoms with Gasteiger partial charge < -0.3 is 0 Å². The van der Waals surface area contributed by atoms with E-state index in [4.69, 9.17) is 5.26 Å². The minimum Gasteiger partial charge on any atom is -0.298 e. The van der Waals surface area contributed by atoms with Gasteiger partial charge in [0, 0.05) is 37.2 Å². The fraction of sp³-hybridized carbons (Fsp3) is 0.214. The third kappa shape index (κ3) is 3.12. The first-order valence-electron chi connectivity index (χ1n) is 5.71. The van der Waals surface area contributed by atoms with E-state index in [0.29, 0.717) is 12.2 Å². The summed E-state index contributed by atoms with van der Waals surface area (Å²) in [6.45, 7) is 1.53. The van der Waals surface area contributed by atoms with Gasteiger partial charge in [0.05, 0.1) is 0 Å². The maximum Gasteiger partial charge on any atom is 0.144 e. The Bertz CT molecular complexity index is 545. The molecule has 2 aromatic heterocycles. The SMILES string of the molecule is CN(Cc1ccncc1)Cc1cccnc1C#N. The van der Waals surface area contributed by atoms with Crippen molar-refractivity contribution in [3.63, 3.8) is 0 Å². The highest BCUT2D eigenvalue weighted by molar-refractivity contribution is 5.30. The number of hydrogen-bond acceptors (Lipinski definition) is 4. The van der Waals surface area contributed by atoms with Crippen LogP contribution in [-0.2, 0) is 13.1 Å². The quantitative estimate of drug-likeness (QED) is 0.817. The molecule has 2 aromatic rings. The maximum atomic E-state index is 8.98. The minimum absolute atomic E-state index is 0.499. The van der Waals surface area contributed by atoms with Gasteiger partial charge in [0.25, 0.3) is 0 Å². The summed E-state index contributed by atoms with van der Waals surface area (Å²) >= 11 is 0. The summed E-state index contributed by atoms with van der Waals surface area (Å²) in [5.74, 6) is 0. The van der Waals surface area contributed by atoms with Gasteiger partial charge >= 0.3 is 0 Å². The van der Waals surface area contributed by atoms with Crippen LogP contribution in [0.3, 0.4) is 0 Å². The predicted molar refractivity (Wildman–Crippen MR) is 68.4 cm³/mol. The minimum atomic E-state index is 0.499. The predicted octanol–water partition coefficient (Wildman–Crippen LogP) is 1.98. The third-order valence-corrected chi connectivity index (χ3v) is 2.64. The van der Waals surface area contributed by atoms with Crippen LogP contribution in [0.1, 0.15) is 16.8 Å². The lowest BCUT2D eigenvalue weighted by Crippen LogP contribution is -2.18. The second kappa shape index (κ2) is 5.89. The maximum absolute atomic E-state index is 8.98. The summed E-state index contributed by atoms with van der Waals surface area (Å²) < 4.78 is 0. The second-order valence-corrected chi connectivity index (χ2v) is 4.15. The van der Waals surface area contributed by atoms with E-state index in [1.807, 2.05) is 31.3 Å². The normalized spacial score (nSPS) is 10.3. The molecule has 0 N–H and O–H groups in total. The summed E-state index contributed by atoms with van der Waals surface area (Å²) in [7, 11) is 2.02. The van der Waals surface area contributed by atoms with Gasteiger partial charge in [0.15, 0.2) is 0 Å². The summed E-state index contributed by atoms with van der Waals surface area (Å²) in [6.07, 6.45) is 5.22. The van der Waals surface area contributed by atoms with Crippen LogP contribution < -0.4 is 0 Å². The number of nitriles is 1. The molecule has 2 rings (SSSR count). The van der Waals surface area contributed by atoms with Crippen LogP contribution >= 0.6 is 0 Å². The van der Waals surface area contributed by atoms with E-state index in [1.54, 1.807) is 18.6 Å². The molecule has 0 amide bonds. The molecular weight excluding hydrogens is 224 g/mol. The molecule has 0 spiro atoms. The van der Waals surface area contributed by atoms with Crippen molar-refractivity contribution in [3.8, 4) is 6.07 Å². The molecule has 2 heterocycles. The molecule has 4 nitrogen and oxygen atoms in total. The van der Waals surface area contributed by atoms with E-state index in [9.17, 15) is 0 Å². The standard InChI is InChI=1S/C14H14N4/c1-18(10-12-4-7-16-8-5-12)11-13-3-2-6-17-14(13)9-15/h2-8H,10-11H2,1H3. The average molecular weight is 238 g/mol. The fourth-order valence-corrected chi connectivity index (χ4v) is 1.81. The van der Waals surface area contributed by atoms with Crippen molar-refractivity contribution in [2.24, 2.45) is 0 Å². The molecule has 0 fully saturated rings. The summed E-state index contributed by atoms with van der Waals surface area (Å²) in [5, 5.41) is 8.98. The third-order valence-electron chi connectivity index (χ3n) is 2.64. The zero-order chi connectivity index (χ0) is 12.8. The van der Waals surface area contributed by atoms with E-state index in [-0.39, 0.29) is 0 Å². The van der Waals surface area contributed by atoms with Crippen LogP contribution in [0.5, 0.6) is 0 Å². The molecule has 0 saturated carbocycles. The van der Waals surface area contributed by atoms with Crippen molar-refractivity contribution in [2.75, 3.05) is 7.05 Å². The highest BCUT2D eigenvalue weighted by atomic mass is 15.1. The van der Waals surface area contributed by atoms with Crippen molar-refractivity contribution in [3.05, 3.63) is 59.7 Å². The van der Waals surface area contributed by atoms with Gasteiger partial charge in [-0.25, -0.2) is 4.98 Å². The Kier molecular flexibility index (Phi) is 4.00. The molecule has 0 unspecified atom stereocenters. The zero-order valence-corrected chi connectivity index (χ0v) is 10.2. The van der Waals surface area contributed by atoms with Gasteiger partial charge in [0.1, 0.15) is 11.8 Å². The number of nitrogens with zero attached hydrogens (tertiary/aromatic N) is 4. The zero-order valence-electron chi connectivity index (χ0n) is 10.2. The van der Waals surface area contributed by atoms with Gasteiger partial charge in [-0.3, -0.25) is 9.88 Å². The molecule has 0 aromatic carbocycles. The van der Waals surface area contributed by atoms with Gasteiger partial charge in [-0.2, -0.15) is 5.26 Å². The number of pyridine rings is 2. The van der Waals surface area contributed by atoms with E-state index in [1.165, 1.54) is 5.56 Å². The Hall–Kier alpha value is -2.25. The number of aromatic nitrogens is 2. The summed E-state index contributed by atoms with van der Waals surface area (Å²) in [6, 6.07) is 9.90. The molecule has 0 aliphatic rings. The molecule has 18 heavy (non-hydrogen) atoms. The van der Waals surface area contributed by atoms with Crippen LogP contribution in [0.4, 0.5) is 0 Å². The Balaban J connectivity index is 2.04. The molecule has 4 heteroatoms. The smallest absolute Gasteiger partial charge is 0.144 e. The Morgan fingerprint density at radius 3 is 2.67 bits per heavy atom. The van der Waals surface area contributed by atoms with Crippen LogP contribution in [0.2, 0.25) is 0 Å². The molecular formula is C14H14N4. The number of hydrogen-bond donors (Lipinski definition) is 0. The van der Waals surface area contributed by atoms with Gasteiger partial charge in [0.2, 0.25) is 0 Å². The van der Waals surface area contributed by atoms with Crippen molar-refractivity contribution in [1.82, 2.24) is 14.9 Å². The van der Waals surface area contributed by atoms with Gasteiger partial charge in [-0.1, -0.05) is 6.07 Å². The van der Waals surface area contributed by atoms with Crippen LogP contribution in [0, 0.1) is 11.3 Å². The molecule has 0 aliphatic carbocycles. The Labute approximate surface area is 107 Å². The first-order chi connectivity index (χ1) is 8.79. The summed E-state index contributed by atoms with van der Waals surface area (Å²) in [4.78, 5) is 10.2. The lowest BCUT2D eigenvalue weighted by Gasteiger charge is -2.16. The Morgan fingerprint density at radius 2 is 1.94 bits per heavy atom. The van der Waals surface area contributed by atoms with Crippen molar-refractivity contribution in [1.29, 1.82) is 5.26 Å². The van der Waals surface area contributed by atoms with E-state index in [0.717, 1.165) is 12.1 Å².